The highest BCUT2D eigenvalue weighted by Crippen LogP contribution is 2.36. The molecule has 0 bridgehead atoms. The molecule has 1 aliphatic heterocycles. The number of esters is 1. The van der Waals surface area contributed by atoms with Gasteiger partial charge in [0, 0.05) is 25.8 Å². The summed E-state index contributed by atoms with van der Waals surface area (Å²) in [5.41, 5.74) is 5.49. The molecule has 34 heavy (non-hydrogen) atoms. The summed E-state index contributed by atoms with van der Waals surface area (Å²) in [6, 6.07) is 7.65. The van der Waals surface area contributed by atoms with Crippen LogP contribution in [0.1, 0.15) is 46.4 Å². The predicted molar refractivity (Wildman–Crippen MR) is 124 cm³/mol. The van der Waals surface area contributed by atoms with E-state index in [2.05, 4.69) is 15.6 Å². The predicted octanol–water partition coefficient (Wildman–Crippen LogP) is 1.88. The Hall–Kier alpha value is -3.69. The number of nitrogens with two attached hydrogens (primary N) is 1. The first kappa shape index (κ1) is 23.5. The molecule has 0 spiro atoms. The molecule has 4 N–H and O–H groups in total. The first-order valence-corrected chi connectivity index (χ1v) is 11.3. The third-order valence-corrected chi connectivity index (χ3v) is 6.47. The molecule has 2 aromatic rings. The SMILES string of the molecule is COC(=O)c1c(F)cccc1N1CCC(CNC(=O)C2(NC(=O)c3ccc(N)nc3)CC2)CC1. The number of methoxy groups -OCH3 is 1. The van der Waals surface area contributed by atoms with E-state index in [-0.39, 0.29) is 23.3 Å². The van der Waals surface area contributed by atoms with E-state index in [1.54, 1.807) is 24.3 Å². The summed E-state index contributed by atoms with van der Waals surface area (Å²) in [6.45, 7) is 1.74. The van der Waals surface area contributed by atoms with Crippen LogP contribution in [-0.2, 0) is 9.53 Å². The molecule has 0 radical (unpaired) electrons. The van der Waals surface area contributed by atoms with Crippen molar-refractivity contribution < 1.29 is 23.5 Å². The zero-order valence-electron chi connectivity index (χ0n) is 19.0. The fraction of sp³-hybridized carbons (Fsp3) is 0.417. The van der Waals surface area contributed by atoms with E-state index in [0.717, 1.165) is 12.8 Å². The van der Waals surface area contributed by atoms with Gasteiger partial charge in [0.2, 0.25) is 5.91 Å². The van der Waals surface area contributed by atoms with Gasteiger partial charge in [-0.15, -0.1) is 0 Å². The average molecular weight is 470 g/mol. The van der Waals surface area contributed by atoms with Gasteiger partial charge in [0.25, 0.3) is 5.91 Å². The Morgan fingerprint density at radius 2 is 1.94 bits per heavy atom. The van der Waals surface area contributed by atoms with Gasteiger partial charge in [-0.25, -0.2) is 14.2 Å². The maximum absolute atomic E-state index is 14.2. The summed E-state index contributed by atoms with van der Waals surface area (Å²) >= 11 is 0. The van der Waals surface area contributed by atoms with Gasteiger partial charge in [-0.05, 0) is 55.9 Å². The topological polar surface area (TPSA) is 127 Å². The summed E-state index contributed by atoms with van der Waals surface area (Å²) in [5.74, 6) is -1.29. The number of amides is 2. The number of piperidine rings is 1. The van der Waals surface area contributed by atoms with Crippen molar-refractivity contribution >= 4 is 29.3 Å². The Morgan fingerprint density at radius 3 is 2.56 bits per heavy atom. The molecule has 2 fully saturated rings. The molecule has 1 aliphatic carbocycles. The molecule has 180 valence electrons. The largest absolute Gasteiger partial charge is 0.465 e. The summed E-state index contributed by atoms with van der Waals surface area (Å²) in [6.07, 6.45) is 4.10. The molecule has 1 aromatic heterocycles. The Labute approximate surface area is 196 Å². The van der Waals surface area contributed by atoms with Crippen LogP contribution in [0.25, 0.3) is 0 Å². The minimum Gasteiger partial charge on any atom is -0.465 e. The maximum atomic E-state index is 14.2. The molecule has 0 unspecified atom stereocenters. The van der Waals surface area contributed by atoms with Crippen molar-refractivity contribution in [3.63, 3.8) is 0 Å². The summed E-state index contributed by atoms with van der Waals surface area (Å²) < 4.78 is 19.0. The molecule has 4 rings (SSSR count). The van der Waals surface area contributed by atoms with E-state index in [1.165, 1.54) is 19.4 Å². The van der Waals surface area contributed by atoms with E-state index in [0.29, 0.717) is 49.5 Å². The van der Waals surface area contributed by atoms with Crippen molar-refractivity contribution in [1.29, 1.82) is 0 Å². The van der Waals surface area contributed by atoms with Crippen molar-refractivity contribution in [3.8, 4) is 0 Å². The standard InChI is InChI=1S/C24H28FN5O4/c1-34-22(32)20-17(25)3-2-4-18(20)30-11-7-15(8-12-30)13-28-23(33)24(9-10-24)29-21(31)16-5-6-19(26)27-14-16/h2-6,14-15H,7-13H2,1H3,(H2,26,27)(H,28,33)(H,29,31). The first-order valence-electron chi connectivity index (χ1n) is 11.3. The van der Waals surface area contributed by atoms with Crippen LogP contribution in [0.5, 0.6) is 0 Å². The van der Waals surface area contributed by atoms with Crippen molar-refractivity contribution in [2.75, 3.05) is 37.4 Å². The van der Waals surface area contributed by atoms with Gasteiger partial charge in [0.05, 0.1) is 18.4 Å². The maximum Gasteiger partial charge on any atom is 0.342 e. The Bertz CT molecular complexity index is 1080. The van der Waals surface area contributed by atoms with Crippen molar-refractivity contribution in [2.24, 2.45) is 5.92 Å². The second-order valence-electron chi connectivity index (χ2n) is 8.77. The highest BCUT2D eigenvalue weighted by atomic mass is 19.1. The number of ether oxygens (including phenoxy) is 1. The highest BCUT2D eigenvalue weighted by molar-refractivity contribution is 6.00. The van der Waals surface area contributed by atoms with Gasteiger partial charge >= 0.3 is 5.97 Å². The van der Waals surface area contributed by atoms with Gasteiger partial charge in [-0.3, -0.25) is 9.59 Å². The van der Waals surface area contributed by atoms with Crippen LogP contribution >= 0.6 is 0 Å². The van der Waals surface area contributed by atoms with E-state index in [4.69, 9.17) is 10.5 Å². The second-order valence-corrected chi connectivity index (χ2v) is 8.77. The molecule has 1 aromatic carbocycles. The number of halogens is 1. The number of aromatic nitrogens is 1. The Kier molecular flexibility index (Phi) is 6.67. The molecule has 2 amide bonds. The monoisotopic (exact) mass is 469 g/mol. The number of carbonyl (C=O) groups is 3. The number of carbonyl (C=O) groups excluding carboxylic acids is 3. The van der Waals surface area contributed by atoms with Crippen LogP contribution in [0.2, 0.25) is 0 Å². The summed E-state index contributed by atoms with van der Waals surface area (Å²) in [4.78, 5) is 43.2. The van der Waals surface area contributed by atoms with Gasteiger partial charge in [-0.2, -0.15) is 0 Å². The van der Waals surface area contributed by atoms with Crippen LogP contribution in [0.15, 0.2) is 36.5 Å². The van der Waals surface area contributed by atoms with E-state index in [9.17, 15) is 18.8 Å². The smallest absolute Gasteiger partial charge is 0.342 e. The Morgan fingerprint density at radius 1 is 1.21 bits per heavy atom. The van der Waals surface area contributed by atoms with Gasteiger partial charge in [0.1, 0.15) is 22.7 Å². The summed E-state index contributed by atoms with van der Waals surface area (Å²) in [5, 5.41) is 5.81. The third kappa shape index (κ3) is 4.95. The summed E-state index contributed by atoms with van der Waals surface area (Å²) in [7, 11) is 1.23. The second kappa shape index (κ2) is 9.66. The van der Waals surface area contributed by atoms with Gasteiger partial charge < -0.3 is 26.0 Å². The molecular weight excluding hydrogens is 441 g/mol. The molecule has 0 atom stereocenters. The number of anilines is 2. The van der Waals surface area contributed by atoms with Crippen molar-refractivity contribution in [2.45, 2.75) is 31.2 Å². The number of rotatable bonds is 7. The fourth-order valence-electron chi connectivity index (χ4n) is 4.23. The van der Waals surface area contributed by atoms with Crippen LogP contribution in [0.3, 0.4) is 0 Å². The molecule has 9 nitrogen and oxygen atoms in total. The molecule has 2 aliphatic rings. The molecule has 10 heteroatoms. The van der Waals surface area contributed by atoms with E-state index >= 15 is 0 Å². The number of hydrogen-bond donors (Lipinski definition) is 3. The normalized spacial score (nSPS) is 17.1. The molecular formula is C24H28FN5O4. The zero-order chi connectivity index (χ0) is 24.3. The fourth-order valence-corrected chi connectivity index (χ4v) is 4.23. The molecule has 1 saturated carbocycles. The number of pyridine rings is 1. The quantitative estimate of drug-likeness (QED) is 0.529. The first-order chi connectivity index (χ1) is 16.3. The molecule has 1 saturated heterocycles. The van der Waals surface area contributed by atoms with Crippen molar-refractivity contribution in [3.05, 3.63) is 53.5 Å². The number of benzene rings is 1. The zero-order valence-corrected chi connectivity index (χ0v) is 19.0. The van der Waals surface area contributed by atoms with Crippen LogP contribution in [-0.4, -0.2) is 55.1 Å². The van der Waals surface area contributed by atoms with E-state index < -0.39 is 17.3 Å². The highest BCUT2D eigenvalue weighted by Gasteiger charge is 2.51. The van der Waals surface area contributed by atoms with Gasteiger partial charge in [0.15, 0.2) is 0 Å². The number of nitrogen functional groups attached to an aromatic ring is 1. The lowest BCUT2D eigenvalue weighted by Crippen LogP contribution is -2.50. The van der Waals surface area contributed by atoms with E-state index in [1.807, 2.05) is 4.90 Å². The Balaban J connectivity index is 1.29. The minimum atomic E-state index is -0.879. The number of nitrogens with zero attached hydrogens (tertiary/aromatic N) is 2. The lowest BCUT2D eigenvalue weighted by Gasteiger charge is -2.34. The van der Waals surface area contributed by atoms with Crippen LogP contribution < -0.4 is 21.3 Å². The lowest BCUT2D eigenvalue weighted by atomic mass is 9.95. The van der Waals surface area contributed by atoms with Crippen LogP contribution in [0.4, 0.5) is 15.9 Å². The lowest BCUT2D eigenvalue weighted by molar-refractivity contribution is -0.124. The van der Waals surface area contributed by atoms with Gasteiger partial charge in [-0.1, -0.05) is 6.07 Å². The third-order valence-electron chi connectivity index (χ3n) is 6.47. The number of nitrogens with one attached hydrogen (secondary N) is 2. The van der Waals surface area contributed by atoms with Crippen molar-refractivity contribution in [1.82, 2.24) is 15.6 Å². The van der Waals surface area contributed by atoms with Crippen LogP contribution in [0, 0.1) is 11.7 Å². The number of hydrogen-bond acceptors (Lipinski definition) is 7. The minimum absolute atomic E-state index is 0.0560. The average Bonchev–Trinajstić information content (AvgIpc) is 3.63. The molecule has 2 heterocycles.